The number of esters is 1. The molecule has 53 heavy (non-hydrogen) atoms. The van der Waals surface area contributed by atoms with Gasteiger partial charge in [-0.3, -0.25) is 0 Å². The number of aromatic hydroxyl groups is 11. The van der Waals surface area contributed by atoms with Gasteiger partial charge in [-0.1, -0.05) is 12.1 Å². The van der Waals surface area contributed by atoms with Gasteiger partial charge in [0.2, 0.25) is 0 Å². The molecule has 0 aliphatic carbocycles. The summed E-state index contributed by atoms with van der Waals surface area (Å²) in [6.45, 7) is 0. The highest BCUT2D eigenvalue weighted by atomic mass is 16.6. The third-order valence-corrected chi connectivity index (χ3v) is 9.20. The molecule has 0 aromatic heterocycles. The molecule has 2 aliphatic heterocycles. The fourth-order valence-corrected chi connectivity index (χ4v) is 6.73. The monoisotopic (exact) mass is 730 g/mol. The largest absolute Gasteiger partial charge is 0.508 e. The molecule has 0 saturated heterocycles. The molecule has 0 amide bonds. The maximum absolute atomic E-state index is 13.8. The summed E-state index contributed by atoms with van der Waals surface area (Å²) >= 11 is 0. The number of benzene rings is 5. The van der Waals surface area contributed by atoms with Crippen molar-refractivity contribution >= 4 is 5.97 Å². The zero-order chi connectivity index (χ0) is 38.0. The minimum absolute atomic E-state index is 0.0341. The van der Waals surface area contributed by atoms with Gasteiger partial charge in [0, 0.05) is 46.9 Å². The maximum atomic E-state index is 13.8. The van der Waals surface area contributed by atoms with E-state index < -0.39 is 105 Å². The Morgan fingerprint density at radius 1 is 0.585 bits per heavy atom. The molecule has 2 heterocycles. The van der Waals surface area contributed by atoms with E-state index >= 15 is 0 Å². The quantitative estimate of drug-likeness (QED) is 0.0899. The zero-order valence-corrected chi connectivity index (χ0v) is 26.9. The number of rotatable bonds is 5. The van der Waals surface area contributed by atoms with Gasteiger partial charge in [0.25, 0.3) is 0 Å². The van der Waals surface area contributed by atoms with Crippen molar-refractivity contribution < 1.29 is 80.3 Å². The van der Waals surface area contributed by atoms with Gasteiger partial charge in [0.15, 0.2) is 52.5 Å². The number of hydrogen-bond acceptors (Lipinski definition) is 16. The molecule has 0 radical (unpaired) electrons. The van der Waals surface area contributed by atoms with Crippen molar-refractivity contribution in [2.45, 2.75) is 36.8 Å². The Labute approximate surface area is 297 Å². The molecule has 2 aliphatic rings. The first-order chi connectivity index (χ1) is 25.1. The molecule has 0 fully saturated rings. The SMILES string of the molecule is O=C(O[C@H]1C(c2ccc(O)c(O)c2)Oc2cc(O)cc(O)c2C1c1c(O)cc(O)c2c1OC(c1ccc(O)c(O)c1)[C@H](O)C2)c1cc(O)c(O)c(O)c1. The Morgan fingerprint density at radius 2 is 1.17 bits per heavy atom. The van der Waals surface area contributed by atoms with Gasteiger partial charge in [-0.25, -0.2) is 4.79 Å². The molecule has 5 aromatic carbocycles. The van der Waals surface area contributed by atoms with Crippen LogP contribution in [0, 0.1) is 0 Å². The fourth-order valence-electron chi connectivity index (χ4n) is 6.73. The first kappa shape index (κ1) is 34.4. The van der Waals surface area contributed by atoms with Gasteiger partial charge in [-0.2, -0.15) is 0 Å². The molecular formula is C37H30O16. The van der Waals surface area contributed by atoms with Crippen molar-refractivity contribution in [3.05, 3.63) is 100 Å². The van der Waals surface area contributed by atoms with Crippen molar-refractivity contribution in [2.75, 3.05) is 0 Å². The van der Waals surface area contributed by atoms with Gasteiger partial charge in [-0.15, -0.1) is 0 Å². The van der Waals surface area contributed by atoms with Crippen LogP contribution in [0.15, 0.2) is 66.7 Å². The molecule has 0 saturated carbocycles. The highest BCUT2D eigenvalue weighted by Gasteiger charge is 2.49. The minimum atomic E-state index is -1.72. The number of carbonyl (C=O) groups is 1. The number of phenolic OH excluding ortho intramolecular Hbond substituents is 11. The summed E-state index contributed by atoms with van der Waals surface area (Å²) in [5.41, 5.74) is -0.728. The average molecular weight is 731 g/mol. The van der Waals surface area contributed by atoms with Gasteiger partial charge in [-0.05, 0) is 42.0 Å². The third-order valence-electron chi connectivity index (χ3n) is 9.20. The first-order valence-electron chi connectivity index (χ1n) is 15.8. The first-order valence-corrected chi connectivity index (χ1v) is 15.8. The molecule has 7 rings (SSSR count). The summed E-state index contributed by atoms with van der Waals surface area (Å²) in [7, 11) is 0. The molecule has 5 atom stereocenters. The van der Waals surface area contributed by atoms with Gasteiger partial charge in [0.1, 0.15) is 40.6 Å². The summed E-state index contributed by atoms with van der Waals surface area (Å²) in [5.74, 6) is -10.4. The van der Waals surface area contributed by atoms with Crippen LogP contribution in [-0.2, 0) is 11.2 Å². The summed E-state index contributed by atoms with van der Waals surface area (Å²) in [5, 5.41) is 126. The van der Waals surface area contributed by atoms with Crippen LogP contribution in [0.2, 0.25) is 0 Å². The lowest BCUT2D eigenvalue weighted by molar-refractivity contribution is -0.0285. The predicted molar refractivity (Wildman–Crippen MR) is 178 cm³/mol. The topological polar surface area (TPSA) is 288 Å². The number of aliphatic hydroxyl groups excluding tert-OH is 1. The van der Waals surface area contributed by atoms with Crippen molar-refractivity contribution in [1.82, 2.24) is 0 Å². The second kappa shape index (κ2) is 12.6. The highest BCUT2D eigenvalue weighted by molar-refractivity contribution is 5.91. The Hall–Kier alpha value is -7.07. The van der Waals surface area contributed by atoms with Crippen LogP contribution in [0.3, 0.4) is 0 Å². The van der Waals surface area contributed by atoms with E-state index in [2.05, 4.69) is 0 Å². The Kier molecular flexibility index (Phi) is 8.18. The third kappa shape index (κ3) is 5.85. The van der Waals surface area contributed by atoms with E-state index in [0.717, 1.165) is 54.6 Å². The van der Waals surface area contributed by atoms with E-state index in [1.54, 1.807) is 0 Å². The summed E-state index contributed by atoms with van der Waals surface area (Å²) < 4.78 is 18.4. The molecule has 0 spiro atoms. The smallest absolute Gasteiger partial charge is 0.338 e. The van der Waals surface area contributed by atoms with E-state index in [-0.39, 0.29) is 45.7 Å². The van der Waals surface area contributed by atoms with Gasteiger partial charge >= 0.3 is 5.97 Å². The number of carbonyl (C=O) groups excluding carboxylic acids is 1. The molecule has 16 heteroatoms. The lowest BCUT2D eigenvalue weighted by atomic mass is 9.77. The molecular weight excluding hydrogens is 700 g/mol. The van der Waals surface area contributed by atoms with E-state index in [9.17, 15) is 66.1 Å². The van der Waals surface area contributed by atoms with Crippen LogP contribution in [0.5, 0.6) is 74.7 Å². The maximum Gasteiger partial charge on any atom is 0.338 e. The van der Waals surface area contributed by atoms with Crippen LogP contribution in [0.25, 0.3) is 0 Å². The van der Waals surface area contributed by atoms with Gasteiger partial charge < -0.3 is 75.5 Å². The Balaban J connectivity index is 1.48. The highest BCUT2D eigenvalue weighted by Crippen LogP contribution is 2.58. The number of hydrogen-bond donors (Lipinski definition) is 12. The number of aliphatic hydroxyl groups is 1. The number of phenols is 11. The molecule has 5 aromatic rings. The standard InChI is InChI=1S/C37H30O16/c38-16-9-23(44)29-28(10-16)51-34(14-2-4-19(40)22(43)6-14)36(53-37(50)15-7-25(46)32(49)26(47)8-15)31(29)30-24(45)12-20(41)17-11-27(48)33(52-35(17)30)13-1-3-18(39)21(42)5-13/h1-10,12,27,31,33-34,36,38-49H,11H2/t27-,31?,33?,34?,36-/m1/s1. The van der Waals surface area contributed by atoms with E-state index in [0.29, 0.717) is 0 Å². The molecule has 16 nitrogen and oxygen atoms in total. The van der Waals surface area contributed by atoms with Crippen molar-refractivity contribution in [3.63, 3.8) is 0 Å². The second-order valence-electron chi connectivity index (χ2n) is 12.6. The van der Waals surface area contributed by atoms with Crippen LogP contribution >= 0.6 is 0 Å². The van der Waals surface area contributed by atoms with E-state index in [1.165, 1.54) is 12.1 Å². The summed E-state index contributed by atoms with van der Waals surface area (Å²) in [4.78, 5) is 13.8. The predicted octanol–water partition coefficient (Wildman–Crippen LogP) is 3.98. The van der Waals surface area contributed by atoms with Crippen LogP contribution in [0.1, 0.15) is 56.3 Å². The second-order valence-corrected chi connectivity index (χ2v) is 12.6. The molecule has 274 valence electrons. The zero-order valence-electron chi connectivity index (χ0n) is 26.9. The van der Waals surface area contributed by atoms with Crippen molar-refractivity contribution in [2.24, 2.45) is 0 Å². The lowest BCUT2D eigenvalue weighted by Gasteiger charge is -2.41. The fraction of sp³-hybridized carbons (Fsp3) is 0.162. The normalized spacial score (nSPS) is 20.4. The average Bonchev–Trinajstić information content (AvgIpc) is 3.09. The molecule has 3 unspecified atom stereocenters. The van der Waals surface area contributed by atoms with E-state index in [4.69, 9.17) is 14.2 Å². The molecule has 12 N–H and O–H groups in total. The van der Waals surface area contributed by atoms with Crippen LogP contribution < -0.4 is 9.47 Å². The number of ether oxygens (including phenoxy) is 3. The van der Waals surface area contributed by atoms with Crippen molar-refractivity contribution in [3.8, 4) is 74.7 Å². The van der Waals surface area contributed by atoms with Crippen LogP contribution in [0.4, 0.5) is 0 Å². The Bertz CT molecular complexity index is 2280. The van der Waals surface area contributed by atoms with Crippen LogP contribution in [-0.4, -0.2) is 79.5 Å². The van der Waals surface area contributed by atoms with Crippen molar-refractivity contribution in [1.29, 1.82) is 0 Å². The summed E-state index contributed by atoms with van der Waals surface area (Å²) in [6.07, 6.45) is -6.19. The van der Waals surface area contributed by atoms with E-state index in [1.807, 2.05) is 0 Å². The Morgan fingerprint density at radius 3 is 1.77 bits per heavy atom. The molecule has 0 bridgehead atoms. The van der Waals surface area contributed by atoms with Gasteiger partial charge in [0.05, 0.1) is 17.6 Å². The number of fused-ring (bicyclic) bond motifs is 2. The summed E-state index contributed by atoms with van der Waals surface area (Å²) in [6, 6.07) is 11.7. The minimum Gasteiger partial charge on any atom is -0.508 e. The lowest BCUT2D eigenvalue weighted by Crippen LogP contribution is -2.39.